The lowest BCUT2D eigenvalue weighted by Gasteiger charge is -2.14. The molecule has 0 aliphatic carbocycles. The van der Waals surface area contributed by atoms with Gasteiger partial charge in [-0.2, -0.15) is 12.6 Å². The molecular weight excluding hydrogens is 168 g/mol. The molecule has 0 rings (SSSR count). The molecule has 0 saturated heterocycles. The molecule has 2 nitrogen and oxygen atoms in total. The summed E-state index contributed by atoms with van der Waals surface area (Å²) >= 11 is 4.18. The molecule has 3 heteroatoms. The molecule has 0 bridgehead atoms. The topological polar surface area (TPSA) is 29.3 Å². The van der Waals surface area contributed by atoms with Crippen molar-refractivity contribution >= 4 is 12.6 Å². The highest BCUT2D eigenvalue weighted by molar-refractivity contribution is 7.80. The van der Waals surface area contributed by atoms with Gasteiger partial charge in [0.15, 0.2) is 0 Å². The molecule has 0 spiro atoms. The van der Waals surface area contributed by atoms with Crippen molar-refractivity contribution in [2.75, 3.05) is 32.4 Å². The predicted octanol–water partition coefficient (Wildman–Crippen LogP) is 1.37. The minimum atomic E-state index is 0.840. The van der Waals surface area contributed by atoms with Crippen LogP contribution < -0.4 is 5.73 Å². The van der Waals surface area contributed by atoms with Gasteiger partial charge in [-0.3, -0.25) is 0 Å². The maximum Gasteiger partial charge on any atom is 0.00668 e. The summed E-state index contributed by atoms with van der Waals surface area (Å²) in [4.78, 5) is 2.33. The van der Waals surface area contributed by atoms with Crippen molar-refractivity contribution in [3.8, 4) is 0 Å². The molecule has 0 aromatic rings. The van der Waals surface area contributed by atoms with Crippen molar-refractivity contribution in [2.45, 2.75) is 25.7 Å². The summed E-state index contributed by atoms with van der Waals surface area (Å²) in [5.41, 5.74) is 5.40. The molecule has 74 valence electrons. The van der Waals surface area contributed by atoms with Crippen LogP contribution in [-0.4, -0.2) is 37.3 Å². The van der Waals surface area contributed by atoms with Crippen molar-refractivity contribution in [1.82, 2.24) is 4.90 Å². The van der Waals surface area contributed by atoms with Crippen LogP contribution in [0.4, 0.5) is 0 Å². The second-order valence-electron chi connectivity index (χ2n) is 3.23. The Morgan fingerprint density at radius 2 is 1.75 bits per heavy atom. The Bertz CT molecular complexity index is 88.6. The number of hydrogen-bond acceptors (Lipinski definition) is 3. The fourth-order valence-electron chi connectivity index (χ4n) is 1.16. The minimum absolute atomic E-state index is 0.840. The third-order valence-electron chi connectivity index (χ3n) is 1.98. The normalized spacial score (nSPS) is 11.0. The van der Waals surface area contributed by atoms with E-state index >= 15 is 0 Å². The van der Waals surface area contributed by atoms with Gasteiger partial charge in [0, 0.05) is 12.3 Å². The molecule has 0 aromatic heterocycles. The highest BCUT2D eigenvalue weighted by atomic mass is 32.1. The number of nitrogens with two attached hydrogens (primary N) is 1. The van der Waals surface area contributed by atoms with E-state index in [1.807, 2.05) is 0 Å². The van der Waals surface area contributed by atoms with Crippen LogP contribution in [-0.2, 0) is 0 Å². The first-order valence-electron chi connectivity index (χ1n) is 4.80. The van der Waals surface area contributed by atoms with Gasteiger partial charge >= 0.3 is 0 Å². The molecule has 0 unspecified atom stereocenters. The van der Waals surface area contributed by atoms with Crippen LogP contribution in [0.3, 0.4) is 0 Å². The highest BCUT2D eigenvalue weighted by Crippen LogP contribution is 1.99. The summed E-state index contributed by atoms with van der Waals surface area (Å²) in [6, 6.07) is 0. The van der Waals surface area contributed by atoms with E-state index in [1.54, 1.807) is 0 Å². The van der Waals surface area contributed by atoms with E-state index in [0.29, 0.717) is 0 Å². The van der Waals surface area contributed by atoms with Gasteiger partial charge in [0.25, 0.3) is 0 Å². The van der Waals surface area contributed by atoms with Gasteiger partial charge in [-0.1, -0.05) is 12.8 Å². The number of nitrogens with zero attached hydrogens (tertiary/aromatic N) is 1. The van der Waals surface area contributed by atoms with E-state index < -0.39 is 0 Å². The Morgan fingerprint density at radius 1 is 1.08 bits per heavy atom. The largest absolute Gasteiger partial charge is 0.330 e. The molecule has 0 atom stereocenters. The van der Waals surface area contributed by atoms with Gasteiger partial charge in [-0.25, -0.2) is 0 Å². The maximum atomic E-state index is 5.40. The predicted molar refractivity (Wildman–Crippen MR) is 58.9 cm³/mol. The lowest BCUT2D eigenvalue weighted by atomic mass is 10.2. The second kappa shape index (κ2) is 9.36. The first-order chi connectivity index (χ1) is 5.81. The highest BCUT2D eigenvalue weighted by Gasteiger charge is 1.95. The Balaban J connectivity index is 2.97. The fraction of sp³-hybridized carbons (Fsp3) is 1.00. The van der Waals surface area contributed by atoms with Gasteiger partial charge in [-0.15, -0.1) is 0 Å². The SMILES string of the molecule is CN(CCS)CCCCCCN. The van der Waals surface area contributed by atoms with Crippen LogP contribution >= 0.6 is 12.6 Å². The van der Waals surface area contributed by atoms with Crippen molar-refractivity contribution in [3.05, 3.63) is 0 Å². The van der Waals surface area contributed by atoms with E-state index in [-0.39, 0.29) is 0 Å². The monoisotopic (exact) mass is 190 g/mol. The number of hydrogen-bond donors (Lipinski definition) is 2. The van der Waals surface area contributed by atoms with Crippen molar-refractivity contribution in [1.29, 1.82) is 0 Å². The van der Waals surface area contributed by atoms with E-state index in [2.05, 4.69) is 24.6 Å². The fourth-order valence-corrected chi connectivity index (χ4v) is 1.50. The summed E-state index contributed by atoms with van der Waals surface area (Å²) in [6.07, 6.45) is 5.07. The smallest absolute Gasteiger partial charge is 0.00668 e. The first-order valence-corrected chi connectivity index (χ1v) is 5.44. The van der Waals surface area contributed by atoms with E-state index in [0.717, 1.165) is 18.8 Å². The Kier molecular flexibility index (Phi) is 9.57. The van der Waals surface area contributed by atoms with Gasteiger partial charge in [0.1, 0.15) is 0 Å². The molecule has 12 heavy (non-hydrogen) atoms. The summed E-state index contributed by atoms with van der Waals surface area (Å²) < 4.78 is 0. The Morgan fingerprint density at radius 3 is 2.33 bits per heavy atom. The van der Waals surface area contributed by atoms with Crippen LogP contribution in [0.1, 0.15) is 25.7 Å². The molecule has 0 aliphatic heterocycles. The van der Waals surface area contributed by atoms with Crippen LogP contribution in [0, 0.1) is 0 Å². The zero-order valence-corrected chi connectivity index (χ0v) is 9.02. The molecule has 0 heterocycles. The Hall–Kier alpha value is 0.270. The van der Waals surface area contributed by atoms with Crippen LogP contribution in [0.5, 0.6) is 0 Å². The van der Waals surface area contributed by atoms with Crippen molar-refractivity contribution in [2.24, 2.45) is 5.73 Å². The summed E-state index contributed by atoms with van der Waals surface area (Å²) in [5, 5.41) is 0. The van der Waals surface area contributed by atoms with Crippen LogP contribution in [0.25, 0.3) is 0 Å². The van der Waals surface area contributed by atoms with E-state index in [9.17, 15) is 0 Å². The molecule has 0 aromatic carbocycles. The molecule has 0 fully saturated rings. The van der Waals surface area contributed by atoms with Gasteiger partial charge in [-0.05, 0) is 33.0 Å². The molecule has 0 aliphatic rings. The van der Waals surface area contributed by atoms with Gasteiger partial charge in [0.2, 0.25) is 0 Å². The molecule has 0 saturated carbocycles. The average molecular weight is 190 g/mol. The summed E-state index contributed by atoms with van der Waals surface area (Å²) in [7, 11) is 2.15. The second-order valence-corrected chi connectivity index (χ2v) is 3.68. The van der Waals surface area contributed by atoms with Crippen molar-refractivity contribution in [3.63, 3.8) is 0 Å². The quantitative estimate of drug-likeness (QED) is 0.447. The van der Waals surface area contributed by atoms with Gasteiger partial charge < -0.3 is 10.6 Å². The third kappa shape index (κ3) is 8.37. The molecule has 0 radical (unpaired) electrons. The first kappa shape index (κ1) is 12.3. The summed E-state index contributed by atoms with van der Waals surface area (Å²) in [6.45, 7) is 3.14. The molecule has 0 amide bonds. The lowest BCUT2D eigenvalue weighted by Crippen LogP contribution is -2.21. The zero-order chi connectivity index (χ0) is 9.23. The third-order valence-corrected chi connectivity index (χ3v) is 2.18. The molecular formula is C9H22N2S. The molecule has 2 N–H and O–H groups in total. The van der Waals surface area contributed by atoms with E-state index in [4.69, 9.17) is 5.73 Å². The Labute approximate surface area is 81.9 Å². The van der Waals surface area contributed by atoms with Crippen molar-refractivity contribution < 1.29 is 0 Å². The van der Waals surface area contributed by atoms with Crippen LogP contribution in [0.15, 0.2) is 0 Å². The van der Waals surface area contributed by atoms with Gasteiger partial charge in [0.05, 0.1) is 0 Å². The lowest BCUT2D eigenvalue weighted by molar-refractivity contribution is 0.344. The van der Waals surface area contributed by atoms with Crippen LogP contribution in [0.2, 0.25) is 0 Å². The number of thiol groups is 1. The summed E-state index contributed by atoms with van der Waals surface area (Å²) in [5.74, 6) is 0.958. The zero-order valence-electron chi connectivity index (χ0n) is 8.13. The average Bonchev–Trinajstić information content (AvgIpc) is 2.05. The maximum absolute atomic E-state index is 5.40. The standard InChI is InChI=1S/C9H22N2S/c1-11(8-9-12)7-5-3-2-4-6-10/h12H,2-10H2,1H3. The minimum Gasteiger partial charge on any atom is -0.330 e. The number of rotatable bonds is 8. The number of unbranched alkanes of at least 4 members (excludes halogenated alkanes) is 3. The van der Waals surface area contributed by atoms with E-state index in [1.165, 1.54) is 32.2 Å².